The molecule has 2 fully saturated rings. The first kappa shape index (κ1) is 8.97. The lowest BCUT2D eigenvalue weighted by Crippen LogP contribution is -2.49. The van der Waals surface area contributed by atoms with E-state index in [0.29, 0.717) is 19.0 Å². The van der Waals surface area contributed by atoms with Crippen LogP contribution in [0.4, 0.5) is 0 Å². The van der Waals surface area contributed by atoms with Crippen molar-refractivity contribution in [3.8, 4) is 0 Å². The van der Waals surface area contributed by atoms with Crippen LogP contribution in [0.25, 0.3) is 0 Å². The lowest BCUT2D eigenvalue weighted by atomic mass is 9.93. The topological polar surface area (TPSA) is 43.8 Å². The third-order valence-electron chi connectivity index (χ3n) is 2.96. The lowest BCUT2D eigenvalue weighted by molar-refractivity contribution is -0.144. The summed E-state index contributed by atoms with van der Waals surface area (Å²) in [6, 6.07) is 0.568. The molecule has 0 aromatic heterocycles. The largest absolute Gasteiger partial charge is 0.394 e. The highest BCUT2D eigenvalue weighted by Gasteiger charge is 2.35. The summed E-state index contributed by atoms with van der Waals surface area (Å²) in [5.74, 6) is 0.168. The molecule has 74 valence electrons. The van der Waals surface area contributed by atoms with Crippen LogP contribution in [0.15, 0.2) is 0 Å². The molecule has 0 unspecified atom stereocenters. The summed E-state index contributed by atoms with van der Waals surface area (Å²) in [6.07, 6.45) is 4.31. The SMILES string of the molecule is O=C1CCN(C2CCC2)N1CCO. The highest BCUT2D eigenvalue weighted by Crippen LogP contribution is 2.28. The van der Waals surface area contributed by atoms with Gasteiger partial charge in [0, 0.05) is 19.0 Å². The Balaban J connectivity index is 1.96. The standard InChI is InChI=1S/C9H16N2O2/c12-7-6-11-9(13)4-5-10(11)8-2-1-3-8/h8,12H,1-7H2. The summed E-state index contributed by atoms with van der Waals surface area (Å²) < 4.78 is 0. The predicted molar refractivity (Wildman–Crippen MR) is 47.8 cm³/mol. The molecule has 2 aliphatic rings. The van der Waals surface area contributed by atoms with E-state index in [4.69, 9.17) is 5.11 Å². The Morgan fingerprint density at radius 1 is 1.46 bits per heavy atom. The Morgan fingerprint density at radius 2 is 2.23 bits per heavy atom. The Morgan fingerprint density at radius 3 is 2.77 bits per heavy atom. The van der Waals surface area contributed by atoms with E-state index in [2.05, 4.69) is 5.01 Å². The van der Waals surface area contributed by atoms with E-state index in [-0.39, 0.29) is 12.5 Å². The first-order valence-corrected chi connectivity index (χ1v) is 5.00. The zero-order valence-corrected chi connectivity index (χ0v) is 7.78. The Hall–Kier alpha value is -0.610. The first-order valence-electron chi connectivity index (χ1n) is 5.00. The van der Waals surface area contributed by atoms with Gasteiger partial charge >= 0.3 is 0 Å². The van der Waals surface area contributed by atoms with Crippen molar-refractivity contribution in [3.63, 3.8) is 0 Å². The number of rotatable bonds is 3. The molecule has 0 bridgehead atoms. The molecule has 1 aliphatic carbocycles. The number of hydrogen-bond acceptors (Lipinski definition) is 3. The second kappa shape index (κ2) is 3.64. The van der Waals surface area contributed by atoms with Gasteiger partial charge in [-0.25, -0.2) is 5.01 Å². The van der Waals surface area contributed by atoms with Crippen LogP contribution in [0.2, 0.25) is 0 Å². The highest BCUT2D eigenvalue weighted by molar-refractivity contribution is 5.77. The number of hydrazine groups is 1. The first-order chi connectivity index (χ1) is 6.33. The molecule has 0 spiro atoms. The van der Waals surface area contributed by atoms with E-state index in [1.807, 2.05) is 0 Å². The molecule has 1 heterocycles. The van der Waals surface area contributed by atoms with Gasteiger partial charge in [0.05, 0.1) is 13.2 Å². The molecule has 0 aromatic carbocycles. The van der Waals surface area contributed by atoms with Crippen molar-refractivity contribution in [3.05, 3.63) is 0 Å². The van der Waals surface area contributed by atoms with Gasteiger partial charge in [0.15, 0.2) is 0 Å². The Kier molecular flexibility index (Phi) is 2.51. The summed E-state index contributed by atoms with van der Waals surface area (Å²) >= 11 is 0. The van der Waals surface area contributed by atoms with Crippen molar-refractivity contribution < 1.29 is 9.90 Å². The number of β-amino-alcohol motifs (C(OH)–C–C–N with tert-alkyl or cyclic N) is 1. The zero-order chi connectivity index (χ0) is 9.26. The van der Waals surface area contributed by atoms with Gasteiger partial charge in [-0.3, -0.25) is 9.80 Å². The van der Waals surface area contributed by atoms with Crippen LogP contribution in [0, 0.1) is 0 Å². The minimum absolute atomic E-state index is 0.0644. The van der Waals surface area contributed by atoms with Gasteiger partial charge in [0.2, 0.25) is 5.91 Å². The predicted octanol–water partition coefficient (Wildman–Crippen LogP) is -0.0195. The number of amides is 1. The van der Waals surface area contributed by atoms with Crippen LogP contribution in [-0.2, 0) is 4.79 Å². The van der Waals surface area contributed by atoms with E-state index in [0.717, 1.165) is 6.54 Å². The fraction of sp³-hybridized carbons (Fsp3) is 0.889. The van der Waals surface area contributed by atoms with E-state index in [1.165, 1.54) is 19.3 Å². The zero-order valence-electron chi connectivity index (χ0n) is 7.78. The highest BCUT2D eigenvalue weighted by atomic mass is 16.3. The molecule has 1 saturated heterocycles. The van der Waals surface area contributed by atoms with Crippen molar-refractivity contribution in [1.82, 2.24) is 10.0 Å². The summed E-state index contributed by atoms with van der Waals surface area (Å²) in [5.41, 5.74) is 0. The number of nitrogens with zero attached hydrogens (tertiary/aromatic N) is 2. The molecule has 1 aliphatic heterocycles. The summed E-state index contributed by atoms with van der Waals surface area (Å²) in [4.78, 5) is 11.4. The molecule has 0 aromatic rings. The molecule has 2 rings (SSSR count). The van der Waals surface area contributed by atoms with Crippen molar-refractivity contribution >= 4 is 5.91 Å². The smallest absolute Gasteiger partial charge is 0.238 e. The molecule has 0 atom stereocenters. The molecule has 1 saturated carbocycles. The fourth-order valence-corrected chi connectivity index (χ4v) is 2.02. The Labute approximate surface area is 78.1 Å². The van der Waals surface area contributed by atoms with Gasteiger partial charge in [0.25, 0.3) is 0 Å². The summed E-state index contributed by atoms with van der Waals surface area (Å²) in [5, 5.41) is 12.7. The van der Waals surface area contributed by atoms with Gasteiger partial charge in [-0.2, -0.15) is 0 Å². The average molecular weight is 184 g/mol. The molecule has 1 N–H and O–H groups in total. The van der Waals surface area contributed by atoms with E-state index in [1.54, 1.807) is 5.01 Å². The number of hydrogen-bond donors (Lipinski definition) is 1. The van der Waals surface area contributed by atoms with Gasteiger partial charge in [-0.05, 0) is 12.8 Å². The van der Waals surface area contributed by atoms with E-state index in [9.17, 15) is 4.79 Å². The van der Waals surface area contributed by atoms with Crippen LogP contribution < -0.4 is 0 Å². The van der Waals surface area contributed by atoms with Crippen molar-refractivity contribution in [2.45, 2.75) is 31.7 Å². The molecule has 4 nitrogen and oxygen atoms in total. The Bertz CT molecular complexity index is 204. The van der Waals surface area contributed by atoms with Gasteiger partial charge in [0.1, 0.15) is 0 Å². The number of carbonyl (C=O) groups is 1. The van der Waals surface area contributed by atoms with E-state index >= 15 is 0 Å². The van der Waals surface area contributed by atoms with Crippen LogP contribution in [0.1, 0.15) is 25.7 Å². The monoisotopic (exact) mass is 184 g/mol. The fourth-order valence-electron chi connectivity index (χ4n) is 2.02. The van der Waals surface area contributed by atoms with Crippen molar-refractivity contribution in [2.75, 3.05) is 19.7 Å². The normalized spacial score (nSPS) is 25.3. The lowest BCUT2D eigenvalue weighted by Gasteiger charge is -2.39. The summed E-state index contributed by atoms with van der Waals surface area (Å²) in [6.45, 7) is 1.38. The summed E-state index contributed by atoms with van der Waals surface area (Å²) in [7, 11) is 0. The molecule has 0 radical (unpaired) electrons. The second-order valence-electron chi connectivity index (χ2n) is 3.74. The average Bonchev–Trinajstić information content (AvgIpc) is 2.33. The molecular weight excluding hydrogens is 168 g/mol. The number of aliphatic hydroxyl groups is 1. The maximum atomic E-state index is 11.4. The minimum atomic E-state index is 0.0644. The van der Waals surface area contributed by atoms with Crippen LogP contribution >= 0.6 is 0 Å². The van der Waals surface area contributed by atoms with Gasteiger partial charge < -0.3 is 5.11 Å². The third kappa shape index (κ3) is 1.56. The van der Waals surface area contributed by atoms with E-state index < -0.39 is 0 Å². The van der Waals surface area contributed by atoms with Crippen LogP contribution in [0.3, 0.4) is 0 Å². The molecule has 13 heavy (non-hydrogen) atoms. The third-order valence-corrected chi connectivity index (χ3v) is 2.96. The molecule has 4 heteroatoms. The number of carbonyl (C=O) groups excluding carboxylic acids is 1. The quantitative estimate of drug-likeness (QED) is 0.670. The second-order valence-corrected chi connectivity index (χ2v) is 3.74. The molecule has 1 amide bonds. The van der Waals surface area contributed by atoms with Crippen LogP contribution in [-0.4, -0.2) is 46.8 Å². The van der Waals surface area contributed by atoms with Crippen LogP contribution in [0.5, 0.6) is 0 Å². The molecular formula is C9H16N2O2. The maximum Gasteiger partial charge on any atom is 0.238 e. The minimum Gasteiger partial charge on any atom is -0.394 e. The van der Waals surface area contributed by atoms with Crippen molar-refractivity contribution in [2.24, 2.45) is 0 Å². The van der Waals surface area contributed by atoms with Crippen molar-refractivity contribution in [1.29, 1.82) is 0 Å². The maximum absolute atomic E-state index is 11.4. The van der Waals surface area contributed by atoms with Gasteiger partial charge in [-0.1, -0.05) is 6.42 Å². The van der Waals surface area contributed by atoms with Gasteiger partial charge in [-0.15, -0.1) is 0 Å². The number of aliphatic hydroxyl groups excluding tert-OH is 1.